The third kappa shape index (κ3) is 2.81. The van der Waals surface area contributed by atoms with Crippen molar-refractivity contribution in [3.8, 4) is 23.0 Å². The van der Waals surface area contributed by atoms with E-state index in [1.54, 1.807) is 19.1 Å². The second kappa shape index (κ2) is 5.35. The third-order valence-electron chi connectivity index (χ3n) is 2.64. The summed E-state index contributed by atoms with van der Waals surface area (Å²) in [5.41, 5.74) is 0.810. The van der Waals surface area contributed by atoms with Crippen LogP contribution in [0.4, 0.5) is 0 Å². The van der Waals surface area contributed by atoms with E-state index in [-0.39, 0.29) is 0 Å². The lowest BCUT2D eigenvalue weighted by Crippen LogP contribution is -1.85. The molecule has 0 radical (unpaired) electrons. The van der Waals surface area contributed by atoms with Gasteiger partial charge in [-0.15, -0.1) is 10.2 Å². The van der Waals surface area contributed by atoms with Gasteiger partial charge in [0.05, 0.1) is 0 Å². The van der Waals surface area contributed by atoms with Crippen LogP contribution >= 0.6 is 11.6 Å². The van der Waals surface area contributed by atoms with Gasteiger partial charge in [0.25, 0.3) is 0 Å². The largest absolute Gasteiger partial charge is 0.457 e. The SMILES string of the molecule is Cc1nnc(-c2cccc(Oc3cccc(Cl)c3)c2)o1. The van der Waals surface area contributed by atoms with E-state index in [1.165, 1.54) is 0 Å². The molecule has 0 fully saturated rings. The molecule has 1 aromatic heterocycles. The Bertz CT molecular complexity index is 740. The summed E-state index contributed by atoms with van der Waals surface area (Å²) >= 11 is 5.93. The summed E-state index contributed by atoms with van der Waals surface area (Å²) in [6.07, 6.45) is 0. The van der Waals surface area contributed by atoms with Crippen LogP contribution in [-0.2, 0) is 0 Å². The highest BCUT2D eigenvalue weighted by Crippen LogP contribution is 2.27. The maximum absolute atomic E-state index is 5.93. The van der Waals surface area contributed by atoms with E-state index in [9.17, 15) is 0 Å². The molecule has 1 heterocycles. The second-order valence-corrected chi connectivity index (χ2v) is 4.65. The van der Waals surface area contributed by atoms with Gasteiger partial charge in [0.15, 0.2) is 0 Å². The Morgan fingerprint density at radius 2 is 1.75 bits per heavy atom. The Labute approximate surface area is 121 Å². The quantitative estimate of drug-likeness (QED) is 0.712. The molecule has 3 rings (SSSR count). The normalized spacial score (nSPS) is 10.5. The van der Waals surface area contributed by atoms with E-state index in [2.05, 4.69) is 10.2 Å². The van der Waals surface area contributed by atoms with Crippen LogP contribution in [0.5, 0.6) is 11.5 Å². The van der Waals surface area contributed by atoms with E-state index < -0.39 is 0 Å². The van der Waals surface area contributed by atoms with Gasteiger partial charge in [-0.3, -0.25) is 0 Å². The number of aryl methyl sites for hydroxylation is 1. The van der Waals surface area contributed by atoms with E-state index >= 15 is 0 Å². The van der Waals surface area contributed by atoms with Crippen molar-refractivity contribution in [1.82, 2.24) is 10.2 Å². The lowest BCUT2D eigenvalue weighted by molar-refractivity contribution is 0.482. The predicted octanol–water partition coefficient (Wildman–Crippen LogP) is 4.49. The third-order valence-corrected chi connectivity index (χ3v) is 2.87. The summed E-state index contributed by atoms with van der Waals surface area (Å²) in [5.74, 6) is 2.36. The zero-order chi connectivity index (χ0) is 13.9. The van der Waals surface area contributed by atoms with Crippen LogP contribution in [0.1, 0.15) is 5.89 Å². The fourth-order valence-electron chi connectivity index (χ4n) is 1.77. The molecule has 100 valence electrons. The molecule has 0 aliphatic carbocycles. The van der Waals surface area contributed by atoms with Crippen LogP contribution in [0.2, 0.25) is 5.02 Å². The highest BCUT2D eigenvalue weighted by atomic mass is 35.5. The summed E-state index contributed by atoms with van der Waals surface area (Å²) in [7, 11) is 0. The monoisotopic (exact) mass is 286 g/mol. The van der Waals surface area contributed by atoms with Crippen LogP contribution in [0.15, 0.2) is 52.9 Å². The van der Waals surface area contributed by atoms with Crippen LogP contribution in [0, 0.1) is 6.92 Å². The number of hydrogen-bond donors (Lipinski definition) is 0. The topological polar surface area (TPSA) is 48.2 Å². The maximum atomic E-state index is 5.93. The van der Waals surface area contributed by atoms with Gasteiger partial charge in [-0.1, -0.05) is 23.7 Å². The fraction of sp³-hybridized carbons (Fsp3) is 0.0667. The molecule has 0 bridgehead atoms. The van der Waals surface area contributed by atoms with Crippen molar-refractivity contribution in [2.24, 2.45) is 0 Å². The van der Waals surface area contributed by atoms with E-state index in [4.69, 9.17) is 20.8 Å². The highest BCUT2D eigenvalue weighted by Gasteiger charge is 2.07. The van der Waals surface area contributed by atoms with Gasteiger partial charge in [0.1, 0.15) is 11.5 Å². The first-order valence-electron chi connectivity index (χ1n) is 6.05. The molecule has 4 nitrogen and oxygen atoms in total. The van der Waals surface area contributed by atoms with Gasteiger partial charge in [0.2, 0.25) is 11.8 Å². The van der Waals surface area contributed by atoms with Gasteiger partial charge in [0, 0.05) is 17.5 Å². The number of hydrogen-bond acceptors (Lipinski definition) is 4. The van der Waals surface area contributed by atoms with E-state index in [0.29, 0.717) is 28.3 Å². The van der Waals surface area contributed by atoms with Crippen molar-refractivity contribution >= 4 is 11.6 Å². The first-order valence-corrected chi connectivity index (χ1v) is 6.42. The number of ether oxygens (including phenoxy) is 1. The second-order valence-electron chi connectivity index (χ2n) is 4.21. The lowest BCUT2D eigenvalue weighted by Gasteiger charge is -2.06. The zero-order valence-electron chi connectivity index (χ0n) is 10.7. The first-order chi connectivity index (χ1) is 9.70. The highest BCUT2D eigenvalue weighted by molar-refractivity contribution is 6.30. The number of rotatable bonds is 3. The molecule has 0 N–H and O–H groups in total. The van der Waals surface area contributed by atoms with Crippen molar-refractivity contribution < 1.29 is 9.15 Å². The van der Waals surface area contributed by atoms with Gasteiger partial charge in [-0.2, -0.15) is 0 Å². The molecule has 0 unspecified atom stereocenters. The molecule has 0 saturated heterocycles. The summed E-state index contributed by atoms with van der Waals surface area (Å²) in [6, 6.07) is 14.7. The molecule has 20 heavy (non-hydrogen) atoms. The number of benzene rings is 2. The summed E-state index contributed by atoms with van der Waals surface area (Å²) in [5, 5.41) is 8.43. The molecular formula is C15H11ClN2O2. The summed E-state index contributed by atoms with van der Waals surface area (Å²) < 4.78 is 11.1. The number of nitrogens with zero attached hydrogens (tertiary/aromatic N) is 2. The molecule has 0 aliphatic rings. The molecule has 5 heteroatoms. The minimum Gasteiger partial charge on any atom is -0.457 e. The van der Waals surface area contributed by atoms with E-state index in [0.717, 1.165) is 5.56 Å². The zero-order valence-corrected chi connectivity index (χ0v) is 11.5. The average molecular weight is 287 g/mol. The molecule has 0 amide bonds. The minimum atomic E-state index is 0.471. The average Bonchev–Trinajstić information content (AvgIpc) is 2.86. The summed E-state index contributed by atoms with van der Waals surface area (Å²) in [6.45, 7) is 1.75. The summed E-state index contributed by atoms with van der Waals surface area (Å²) in [4.78, 5) is 0. The van der Waals surface area contributed by atoms with Crippen molar-refractivity contribution in [1.29, 1.82) is 0 Å². The molecule has 0 saturated carbocycles. The van der Waals surface area contributed by atoms with Crippen LogP contribution < -0.4 is 4.74 Å². The fourth-order valence-corrected chi connectivity index (χ4v) is 1.95. The Kier molecular flexibility index (Phi) is 3.39. The van der Waals surface area contributed by atoms with Crippen molar-refractivity contribution in [3.63, 3.8) is 0 Å². The van der Waals surface area contributed by atoms with Crippen LogP contribution in [0.25, 0.3) is 11.5 Å². The van der Waals surface area contributed by atoms with Crippen molar-refractivity contribution in [3.05, 3.63) is 59.4 Å². The molecule has 2 aromatic carbocycles. The lowest BCUT2D eigenvalue weighted by atomic mass is 10.2. The Balaban J connectivity index is 1.88. The van der Waals surface area contributed by atoms with Crippen molar-refractivity contribution in [2.75, 3.05) is 0 Å². The minimum absolute atomic E-state index is 0.471. The van der Waals surface area contributed by atoms with Gasteiger partial charge >= 0.3 is 0 Å². The Morgan fingerprint density at radius 3 is 2.45 bits per heavy atom. The van der Waals surface area contributed by atoms with Gasteiger partial charge in [-0.25, -0.2) is 0 Å². The van der Waals surface area contributed by atoms with Gasteiger partial charge < -0.3 is 9.15 Å². The number of halogens is 1. The Hall–Kier alpha value is -2.33. The number of aromatic nitrogens is 2. The van der Waals surface area contributed by atoms with Crippen LogP contribution in [0.3, 0.4) is 0 Å². The first kappa shape index (κ1) is 12.7. The molecule has 3 aromatic rings. The smallest absolute Gasteiger partial charge is 0.247 e. The molecule has 0 aliphatic heterocycles. The van der Waals surface area contributed by atoms with Crippen LogP contribution in [-0.4, -0.2) is 10.2 Å². The predicted molar refractivity (Wildman–Crippen MR) is 76.0 cm³/mol. The molecule has 0 atom stereocenters. The van der Waals surface area contributed by atoms with Crippen molar-refractivity contribution in [2.45, 2.75) is 6.92 Å². The Morgan fingerprint density at radius 1 is 1.00 bits per heavy atom. The maximum Gasteiger partial charge on any atom is 0.247 e. The standard InChI is InChI=1S/C15H11ClN2O2/c1-10-17-18-15(19-10)11-4-2-6-13(8-11)20-14-7-3-5-12(16)9-14/h2-9H,1H3. The van der Waals surface area contributed by atoms with Gasteiger partial charge in [-0.05, 0) is 36.4 Å². The van der Waals surface area contributed by atoms with E-state index in [1.807, 2.05) is 36.4 Å². The molecular weight excluding hydrogens is 276 g/mol. The molecule has 0 spiro atoms.